The fourth-order valence-electron chi connectivity index (χ4n) is 2.40. The zero-order valence-corrected chi connectivity index (χ0v) is 16.5. The van der Waals surface area contributed by atoms with Gasteiger partial charge >= 0.3 is 5.97 Å². The van der Waals surface area contributed by atoms with E-state index in [2.05, 4.69) is 5.32 Å². The number of rotatable bonds is 7. The molecule has 0 unspecified atom stereocenters. The fourth-order valence-corrected chi connectivity index (χ4v) is 3.51. The Kier molecular flexibility index (Phi) is 6.87. The van der Waals surface area contributed by atoms with Gasteiger partial charge < -0.3 is 10.1 Å². The van der Waals surface area contributed by atoms with Crippen LogP contribution in [0.15, 0.2) is 53.4 Å². The second-order valence-electron chi connectivity index (χ2n) is 6.15. The van der Waals surface area contributed by atoms with Crippen LogP contribution in [0.25, 0.3) is 0 Å². The van der Waals surface area contributed by atoms with Crippen LogP contribution in [-0.2, 0) is 24.3 Å². The molecule has 28 heavy (non-hydrogen) atoms. The molecule has 2 rings (SSSR count). The van der Waals surface area contributed by atoms with Crippen molar-refractivity contribution in [2.45, 2.75) is 24.8 Å². The lowest BCUT2D eigenvalue weighted by molar-refractivity contribution is -0.148. The Labute approximate surface area is 163 Å². The zero-order chi connectivity index (χ0) is 20.9. The first-order chi connectivity index (χ1) is 13.1. The van der Waals surface area contributed by atoms with Crippen molar-refractivity contribution in [3.63, 3.8) is 0 Å². The van der Waals surface area contributed by atoms with E-state index in [1.54, 1.807) is 6.92 Å². The van der Waals surface area contributed by atoms with Gasteiger partial charge in [0.1, 0.15) is 18.5 Å². The second-order valence-corrected chi connectivity index (χ2v) is 8.20. The summed E-state index contributed by atoms with van der Waals surface area (Å²) in [4.78, 5) is 23.1. The van der Waals surface area contributed by atoms with Gasteiger partial charge in [-0.1, -0.05) is 12.1 Å². The first kappa shape index (κ1) is 21.5. The lowest BCUT2D eigenvalue weighted by Crippen LogP contribution is -2.33. The Bertz CT molecular complexity index is 943. The number of ether oxygens (including phenoxy) is 1. The molecule has 0 heterocycles. The van der Waals surface area contributed by atoms with Crippen LogP contribution in [0.1, 0.15) is 25.5 Å². The van der Waals surface area contributed by atoms with Crippen molar-refractivity contribution < 1.29 is 27.1 Å². The van der Waals surface area contributed by atoms with E-state index in [1.165, 1.54) is 62.5 Å². The predicted octanol–water partition coefficient (Wildman–Crippen LogP) is 2.71. The number of anilines is 1. The number of amides is 1. The molecule has 0 aliphatic carbocycles. The average Bonchev–Trinajstić information content (AvgIpc) is 2.62. The van der Waals surface area contributed by atoms with E-state index in [4.69, 9.17) is 4.74 Å². The molecule has 0 fully saturated rings. The third-order valence-corrected chi connectivity index (χ3v) is 5.70. The number of carbonyl (C=O) groups excluding carboxylic acids is 2. The molecular formula is C19H21FN2O5S. The van der Waals surface area contributed by atoms with Gasteiger partial charge in [-0.3, -0.25) is 9.59 Å². The number of hydrogen-bond donors (Lipinski definition) is 1. The normalized spacial score (nSPS) is 12.5. The summed E-state index contributed by atoms with van der Waals surface area (Å²) in [6.45, 7) is 2.47. The number of likely N-dealkylation sites (N-methyl/N-ethyl adjacent to an activating group) is 1. The number of nitrogens with zero attached hydrogens (tertiary/aromatic N) is 1. The summed E-state index contributed by atoms with van der Waals surface area (Å²) in [7, 11) is -2.65. The van der Waals surface area contributed by atoms with Gasteiger partial charge in [0, 0.05) is 19.7 Å². The van der Waals surface area contributed by atoms with Crippen LogP contribution in [0.4, 0.5) is 10.1 Å². The van der Waals surface area contributed by atoms with Gasteiger partial charge in [0.05, 0.1) is 4.90 Å². The van der Waals surface area contributed by atoms with Crippen molar-refractivity contribution >= 4 is 27.6 Å². The third-order valence-electron chi connectivity index (χ3n) is 3.88. The standard InChI is InChI=1S/C19H21FN2O5S/c1-13(15-4-6-16(20)7-5-15)27-19(24)12-22(3)28(25,26)18-10-8-17(9-11-18)21-14(2)23/h4-11,13H,12H2,1-3H3,(H,21,23)/t13-/m0/s1. The van der Waals surface area contributed by atoms with Crippen molar-refractivity contribution in [1.29, 1.82) is 0 Å². The zero-order valence-electron chi connectivity index (χ0n) is 15.7. The molecule has 2 aromatic carbocycles. The summed E-state index contributed by atoms with van der Waals surface area (Å²) in [5, 5.41) is 2.54. The second kappa shape index (κ2) is 8.94. The number of benzene rings is 2. The average molecular weight is 408 g/mol. The van der Waals surface area contributed by atoms with E-state index in [9.17, 15) is 22.4 Å². The molecule has 0 aliphatic heterocycles. The number of hydrogen-bond acceptors (Lipinski definition) is 5. The quantitative estimate of drug-likeness (QED) is 0.711. The molecule has 7 nitrogen and oxygen atoms in total. The van der Waals surface area contributed by atoms with E-state index >= 15 is 0 Å². The number of sulfonamides is 1. The molecule has 1 atom stereocenters. The van der Waals surface area contributed by atoms with Crippen LogP contribution in [0.3, 0.4) is 0 Å². The maximum Gasteiger partial charge on any atom is 0.321 e. The SMILES string of the molecule is CC(=O)Nc1ccc(S(=O)(=O)N(C)CC(=O)O[C@@H](C)c2ccc(F)cc2)cc1. The van der Waals surface area contributed by atoms with Gasteiger partial charge in [-0.15, -0.1) is 0 Å². The van der Waals surface area contributed by atoms with Crippen molar-refractivity contribution in [2.75, 3.05) is 18.9 Å². The highest BCUT2D eigenvalue weighted by Gasteiger charge is 2.24. The van der Waals surface area contributed by atoms with Gasteiger partial charge in [-0.2, -0.15) is 4.31 Å². The molecule has 0 spiro atoms. The first-order valence-electron chi connectivity index (χ1n) is 8.38. The molecule has 150 valence electrons. The Morgan fingerprint density at radius 1 is 1.11 bits per heavy atom. The molecule has 2 aromatic rings. The minimum Gasteiger partial charge on any atom is -0.457 e. The van der Waals surface area contributed by atoms with Crippen molar-refractivity contribution in [2.24, 2.45) is 0 Å². The summed E-state index contributed by atoms with van der Waals surface area (Å²) >= 11 is 0. The van der Waals surface area contributed by atoms with E-state index in [-0.39, 0.29) is 10.8 Å². The van der Waals surface area contributed by atoms with Gasteiger partial charge in [-0.25, -0.2) is 12.8 Å². The third kappa shape index (κ3) is 5.61. The van der Waals surface area contributed by atoms with Crippen LogP contribution >= 0.6 is 0 Å². The molecule has 0 aliphatic rings. The number of esters is 1. The highest BCUT2D eigenvalue weighted by atomic mass is 32.2. The minimum absolute atomic E-state index is 0.0246. The van der Waals surface area contributed by atoms with Crippen molar-refractivity contribution in [3.05, 3.63) is 59.9 Å². The van der Waals surface area contributed by atoms with Gasteiger partial charge in [0.15, 0.2) is 0 Å². The first-order valence-corrected chi connectivity index (χ1v) is 9.82. The Morgan fingerprint density at radius 2 is 1.68 bits per heavy atom. The van der Waals surface area contributed by atoms with E-state index in [0.29, 0.717) is 11.3 Å². The Morgan fingerprint density at radius 3 is 2.21 bits per heavy atom. The number of halogens is 1. The predicted molar refractivity (Wildman–Crippen MR) is 101 cm³/mol. The minimum atomic E-state index is -3.92. The largest absolute Gasteiger partial charge is 0.457 e. The van der Waals surface area contributed by atoms with Crippen LogP contribution in [-0.4, -0.2) is 38.2 Å². The maximum atomic E-state index is 13.0. The van der Waals surface area contributed by atoms with Crippen molar-refractivity contribution in [3.8, 4) is 0 Å². The molecule has 1 amide bonds. The van der Waals surface area contributed by atoms with Gasteiger partial charge in [-0.05, 0) is 48.9 Å². The summed E-state index contributed by atoms with van der Waals surface area (Å²) in [5.74, 6) is -1.42. The summed E-state index contributed by atoms with van der Waals surface area (Å²) in [6, 6.07) is 11.1. The molecule has 9 heteroatoms. The Hall–Kier alpha value is -2.78. The highest BCUT2D eigenvalue weighted by molar-refractivity contribution is 7.89. The molecule has 0 saturated carbocycles. The highest BCUT2D eigenvalue weighted by Crippen LogP contribution is 2.20. The summed E-state index contributed by atoms with van der Waals surface area (Å²) < 4.78 is 44.2. The monoisotopic (exact) mass is 408 g/mol. The Balaban J connectivity index is 2.01. The molecule has 1 N–H and O–H groups in total. The number of nitrogens with one attached hydrogen (secondary N) is 1. The molecule has 0 bridgehead atoms. The summed E-state index contributed by atoms with van der Waals surface area (Å²) in [5.41, 5.74) is 1.05. The number of carbonyl (C=O) groups is 2. The van der Waals surface area contributed by atoms with E-state index in [1.807, 2.05) is 0 Å². The fraction of sp³-hybridized carbons (Fsp3) is 0.263. The molecular weight excluding hydrogens is 387 g/mol. The van der Waals surface area contributed by atoms with Crippen LogP contribution < -0.4 is 5.32 Å². The maximum absolute atomic E-state index is 13.0. The molecule has 0 radical (unpaired) electrons. The lowest BCUT2D eigenvalue weighted by atomic mass is 10.1. The molecule has 0 saturated heterocycles. The lowest BCUT2D eigenvalue weighted by Gasteiger charge is -2.19. The van der Waals surface area contributed by atoms with Crippen LogP contribution in [0, 0.1) is 5.82 Å². The van der Waals surface area contributed by atoms with Crippen LogP contribution in [0.2, 0.25) is 0 Å². The van der Waals surface area contributed by atoms with Gasteiger partial charge in [0.2, 0.25) is 15.9 Å². The van der Waals surface area contributed by atoms with Crippen LogP contribution in [0.5, 0.6) is 0 Å². The van der Waals surface area contributed by atoms with Crippen molar-refractivity contribution in [1.82, 2.24) is 4.31 Å². The van der Waals surface area contributed by atoms with E-state index < -0.39 is 34.5 Å². The smallest absolute Gasteiger partial charge is 0.321 e. The summed E-state index contributed by atoms with van der Waals surface area (Å²) in [6.07, 6.45) is -0.652. The topological polar surface area (TPSA) is 92.8 Å². The molecule has 0 aromatic heterocycles. The van der Waals surface area contributed by atoms with Gasteiger partial charge in [0.25, 0.3) is 0 Å². The van der Waals surface area contributed by atoms with E-state index in [0.717, 1.165) is 4.31 Å².